The minimum Gasteiger partial charge on any atom is -0.481 e. The van der Waals surface area contributed by atoms with Crippen molar-refractivity contribution in [1.82, 2.24) is 5.32 Å². The molecular formula is C14H25NO4. The minimum atomic E-state index is -0.802. The molecule has 2 fully saturated rings. The average molecular weight is 271 g/mol. The van der Waals surface area contributed by atoms with Crippen LogP contribution in [-0.4, -0.2) is 45.6 Å². The van der Waals surface area contributed by atoms with Crippen molar-refractivity contribution in [2.75, 3.05) is 6.54 Å². The first-order valence-electron chi connectivity index (χ1n) is 7.37. The molecule has 0 spiro atoms. The summed E-state index contributed by atoms with van der Waals surface area (Å²) in [6.45, 7) is 0.459. The van der Waals surface area contributed by atoms with E-state index in [0.717, 1.165) is 25.7 Å². The summed E-state index contributed by atoms with van der Waals surface area (Å²) < 4.78 is 0. The Morgan fingerprint density at radius 3 is 2.37 bits per heavy atom. The van der Waals surface area contributed by atoms with Gasteiger partial charge in [-0.1, -0.05) is 12.8 Å². The highest BCUT2D eigenvalue weighted by Crippen LogP contribution is 2.32. The second-order valence-electron chi connectivity index (χ2n) is 6.18. The molecule has 0 radical (unpaired) electrons. The van der Waals surface area contributed by atoms with Crippen LogP contribution in [0.25, 0.3) is 0 Å². The van der Waals surface area contributed by atoms with Gasteiger partial charge in [0.05, 0.1) is 17.6 Å². The number of aliphatic carboxylic acids is 1. The second kappa shape index (κ2) is 6.20. The first-order valence-corrected chi connectivity index (χ1v) is 7.37. The van der Waals surface area contributed by atoms with E-state index in [-0.39, 0.29) is 18.1 Å². The number of carboxylic acids is 1. The lowest BCUT2D eigenvalue weighted by molar-refractivity contribution is -0.144. The summed E-state index contributed by atoms with van der Waals surface area (Å²) in [6, 6.07) is 0.0787. The fraction of sp³-hybridized carbons (Fsp3) is 0.929. The van der Waals surface area contributed by atoms with Gasteiger partial charge in [0.2, 0.25) is 0 Å². The van der Waals surface area contributed by atoms with Gasteiger partial charge in [-0.2, -0.15) is 0 Å². The van der Waals surface area contributed by atoms with E-state index >= 15 is 0 Å². The number of aliphatic hydroxyl groups is 2. The van der Waals surface area contributed by atoms with Crippen LogP contribution in [-0.2, 0) is 4.79 Å². The van der Waals surface area contributed by atoms with Gasteiger partial charge < -0.3 is 20.6 Å². The Morgan fingerprint density at radius 1 is 1.16 bits per heavy atom. The van der Waals surface area contributed by atoms with Crippen LogP contribution in [0.3, 0.4) is 0 Å². The number of hydrogen-bond donors (Lipinski definition) is 4. The highest BCUT2D eigenvalue weighted by Gasteiger charge is 2.36. The number of nitrogens with one attached hydrogen (secondary N) is 1. The van der Waals surface area contributed by atoms with Gasteiger partial charge in [0, 0.05) is 12.6 Å². The Balaban J connectivity index is 1.77. The van der Waals surface area contributed by atoms with Gasteiger partial charge in [-0.25, -0.2) is 0 Å². The van der Waals surface area contributed by atoms with E-state index in [2.05, 4.69) is 5.32 Å². The van der Waals surface area contributed by atoms with Crippen LogP contribution < -0.4 is 5.32 Å². The zero-order valence-corrected chi connectivity index (χ0v) is 11.3. The number of carbonyl (C=O) groups is 1. The quantitative estimate of drug-likeness (QED) is 0.609. The predicted molar refractivity (Wildman–Crippen MR) is 70.8 cm³/mol. The van der Waals surface area contributed by atoms with Crippen LogP contribution in [0.1, 0.15) is 51.4 Å². The molecule has 0 saturated heterocycles. The molecule has 4 N–H and O–H groups in total. The maximum Gasteiger partial charge on any atom is 0.306 e. The summed E-state index contributed by atoms with van der Waals surface area (Å²) in [5.41, 5.74) is -0.802. The molecule has 2 saturated carbocycles. The fourth-order valence-electron chi connectivity index (χ4n) is 3.25. The van der Waals surface area contributed by atoms with Crippen molar-refractivity contribution in [2.45, 2.75) is 69.1 Å². The molecule has 2 unspecified atom stereocenters. The maximum absolute atomic E-state index is 10.9. The van der Waals surface area contributed by atoms with E-state index in [0.29, 0.717) is 32.2 Å². The van der Waals surface area contributed by atoms with Crippen molar-refractivity contribution < 1.29 is 20.1 Å². The summed E-state index contributed by atoms with van der Waals surface area (Å²) in [5, 5.41) is 32.6. The van der Waals surface area contributed by atoms with Gasteiger partial charge in [-0.05, 0) is 38.5 Å². The Hall–Kier alpha value is -0.650. The third-order valence-electron chi connectivity index (χ3n) is 4.69. The van der Waals surface area contributed by atoms with E-state index < -0.39 is 11.6 Å². The molecule has 5 heteroatoms. The molecule has 110 valence electrons. The molecule has 0 bridgehead atoms. The Morgan fingerprint density at radius 2 is 1.79 bits per heavy atom. The molecule has 0 aliphatic heterocycles. The zero-order valence-electron chi connectivity index (χ0n) is 11.3. The lowest BCUT2D eigenvalue weighted by Gasteiger charge is -2.37. The van der Waals surface area contributed by atoms with Crippen LogP contribution in [0.2, 0.25) is 0 Å². The summed E-state index contributed by atoms with van der Waals surface area (Å²) in [4.78, 5) is 10.9. The molecule has 0 amide bonds. The van der Waals surface area contributed by atoms with Crippen LogP contribution in [0, 0.1) is 5.92 Å². The van der Waals surface area contributed by atoms with Crippen LogP contribution >= 0.6 is 0 Å². The standard InChI is InChI=1S/C14H25NO4/c16-12-4-2-1-3-11(12)15-9-14(19)7-5-10(6-8-14)13(17)18/h10-12,15-16,19H,1-9H2,(H,17,18). The number of carboxylic acid groups (broad SMARTS) is 1. The molecule has 2 atom stereocenters. The average Bonchev–Trinajstić information content (AvgIpc) is 2.38. The van der Waals surface area contributed by atoms with Crippen LogP contribution in [0.4, 0.5) is 0 Å². The Bertz CT molecular complexity index is 313. The van der Waals surface area contributed by atoms with E-state index in [1.165, 1.54) is 0 Å². The fourth-order valence-corrected chi connectivity index (χ4v) is 3.25. The molecule has 19 heavy (non-hydrogen) atoms. The smallest absolute Gasteiger partial charge is 0.306 e. The first-order chi connectivity index (χ1) is 9.00. The minimum absolute atomic E-state index is 0.0787. The summed E-state index contributed by atoms with van der Waals surface area (Å²) in [7, 11) is 0. The lowest BCUT2D eigenvalue weighted by Crippen LogP contribution is -2.51. The first kappa shape index (κ1) is 14.8. The SMILES string of the molecule is O=C(O)C1CCC(O)(CNC2CCCCC2O)CC1. The lowest BCUT2D eigenvalue weighted by atomic mass is 9.78. The van der Waals surface area contributed by atoms with Gasteiger partial charge in [0.15, 0.2) is 0 Å². The van der Waals surface area contributed by atoms with E-state index in [1.807, 2.05) is 0 Å². The van der Waals surface area contributed by atoms with Crippen LogP contribution in [0.15, 0.2) is 0 Å². The van der Waals surface area contributed by atoms with Gasteiger partial charge >= 0.3 is 5.97 Å². The van der Waals surface area contributed by atoms with Crippen molar-refractivity contribution in [3.63, 3.8) is 0 Å². The van der Waals surface area contributed by atoms with Gasteiger partial charge in [0.25, 0.3) is 0 Å². The predicted octanol–water partition coefficient (Wildman–Crippen LogP) is 0.885. The van der Waals surface area contributed by atoms with Crippen molar-refractivity contribution >= 4 is 5.97 Å². The van der Waals surface area contributed by atoms with Crippen molar-refractivity contribution in [2.24, 2.45) is 5.92 Å². The largest absolute Gasteiger partial charge is 0.481 e. The number of rotatable bonds is 4. The molecule has 2 aliphatic rings. The summed E-state index contributed by atoms with van der Waals surface area (Å²) in [6.07, 6.45) is 5.80. The second-order valence-corrected chi connectivity index (χ2v) is 6.18. The van der Waals surface area contributed by atoms with Crippen molar-refractivity contribution in [3.05, 3.63) is 0 Å². The Kier molecular flexibility index (Phi) is 4.81. The highest BCUT2D eigenvalue weighted by atomic mass is 16.4. The molecule has 0 heterocycles. The normalized spacial score (nSPS) is 40.0. The van der Waals surface area contributed by atoms with Crippen LogP contribution in [0.5, 0.6) is 0 Å². The molecule has 0 aromatic heterocycles. The molecule has 5 nitrogen and oxygen atoms in total. The maximum atomic E-state index is 10.9. The molecule has 0 aromatic rings. The third-order valence-corrected chi connectivity index (χ3v) is 4.69. The van der Waals surface area contributed by atoms with Gasteiger partial charge in [-0.15, -0.1) is 0 Å². The number of hydrogen-bond acceptors (Lipinski definition) is 4. The number of aliphatic hydroxyl groups excluding tert-OH is 1. The topological polar surface area (TPSA) is 89.8 Å². The molecule has 0 aromatic carbocycles. The molecule has 2 aliphatic carbocycles. The van der Waals surface area contributed by atoms with Crippen molar-refractivity contribution in [1.29, 1.82) is 0 Å². The van der Waals surface area contributed by atoms with E-state index in [9.17, 15) is 15.0 Å². The van der Waals surface area contributed by atoms with E-state index in [4.69, 9.17) is 5.11 Å². The van der Waals surface area contributed by atoms with Crippen molar-refractivity contribution in [3.8, 4) is 0 Å². The summed E-state index contributed by atoms with van der Waals surface area (Å²) >= 11 is 0. The molecular weight excluding hydrogens is 246 g/mol. The van der Waals surface area contributed by atoms with Gasteiger partial charge in [0.1, 0.15) is 0 Å². The zero-order chi connectivity index (χ0) is 13.9. The van der Waals surface area contributed by atoms with Gasteiger partial charge in [-0.3, -0.25) is 4.79 Å². The Labute approximate surface area is 114 Å². The third kappa shape index (κ3) is 3.91. The van der Waals surface area contributed by atoms with E-state index in [1.54, 1.807) is 0 Å². The molecule has 2 rings (SSSR count). The summed E-state index contributed by atoms with van der Waals surface area (Å²) in [5.74, 6) is -1.06. The highest BCUT2D eigenvalue weighted by molar-refractivity contribution is 5.70. The monoisotopic (exact) mass is 271 g/mol.